The number of rotatable bonds is 4. The number of carbonyl (C=O) groups is 1. The highest BCUT2D eigenvalue weighted by Gasteiger charge is 2.17. The number of urea groups is 1. The molecule has 1 saturated heterocycles. The molecular formula is C14H20N2O3. The van der Waals surface area contributed by atoms with Crippen molar-refractivity contribution in [2.75, 3.05) is 18.5 Å². The minimum absolute atomic E-state index is 0.114. The van der Waals surface area contributed by atoms with Crippen LogP contribution >= 0.6 is 0 Å². The number of ether oxygens (including phenoxy) is 2. The molecular weight excluding hydrogens is 244 g/mol. The van der Waals surface area contributed by atoms with Gasteiger partial charge in [-0.15, -0.1) is 0 Å². The van der Waals surface area contributed by atoms with Crippen LogP contribution in [0.1, 0.15) is 20.3 Å². The molecule has 19 heavy (non-hydrogen) atoms. The fraction of sp³-hybridized carbons (Fsp3) is 0.500. The van der Waals surface area contributed by atoms with Gasteiger partial charge in [-0.05, 0) is 44.5 Å². The Balaban J connectivity index is 1.82. The van der Waals surface area contributed by atoms with Gasteiger partial charge in [0, 0.05) is 12.3 Å². The predicted octanol–water partition coefficient (Wildman–Crippen LogP) is 2.38. The van der Waals surface area contributed by atoms with E-state index < -0.39 is 0 Å². The number of hydrogen-bond acceptors (Lipinski definition) is 3. The van der Waals surface area contributed by atoms with E-state index in [2.05, 4.69) is 10.6 Å². The average Bonchev–Trinajstić information content (AvgIpc) is 2.83. The van der Waals surface area contributed by atoms with E-state index >= 15 is 0 Å². The summed E-state index contributed by atoms with van der Waals surface area (Å²) in [5.74, 6) is 0.796. The van der Waals surface area contributed by atoms with Crippen molar-refractivity contribution in [2.45, 2.75) is 32.4 Å². The maximum Gasteiger partial charge on any atom is 0.319 e. The third kappa shape index (κ3) is 4.44. The zero-order chi connectivity index (χ0) is 13.7. The van der Waals surface area contributed by atoms with Crippen LogP contribution in [0.25, 0.3) is 0 Å². The molecule has 104 valence electrons. The number of anilines is 1. The van der Waals surface area contributed by atoms with Crippen molar-refractivity contribution < 1.29 is 14.3 Å². The molecule has 1 unspecified atom stereocenters. The first-order chi connectivity index (χ1) is 9.13. The molecule has 1 fully saturated rings. The van der Waals surface area contributed by atoms with E-state index in [0.29, 0.717) is 13.2 Å². The van der Waals surface area contributed by atoms with Crippen LogP contribution in [0.15, 0.2) is 24.3 Å². The van der Waals surface area contributed by atoms with Gasteiger partial charge in [0.2, 0.25) is 0 Å². The summed E-state index contributed by atoms with van der Waals surface area (Å²) in [5, 5.41) is 5.66. The number of amides is 2. The Morgan fingerprint density at radius 3 is 2.68 bits per heavy atom. The van der Waals surface area contributed by atoms with Gasteiger partial charge in [0.1, 0.15) is 5.75 Å². The summed E-state index contributed by atoms with van der Waals surface area (Å²) in [4.78, 5) is 11.7. The Kier molecular flexibility index (Phi) is 4.63. The zero-order valence-electron chi connectivity index (χ0n) is 11.3. The van der Waals surface area contributed by atoms with Crippen molar-refractivity contribution in [1.29, 1.82) is 0 Å². The molecule has 0 aromatic heterocycles. The average molecular weight is 264 g/mol. The molecule has 5 heteroatoms. The maximum absolute atomic E-state index is 11.7. The van der Waals surface area contributed by atoms with Crippen LogP contribution in [0.4, 0.5) is 10.5 Å². The van der Waals surface area contributed by atoms with Crippen molar-refractivity contribution in [3.05, 3.63) is 24.3 Å². The molecule has 1 heterocycles. The molecule has 1 aliphatic rings. The largest absolute Gasteiger partial charge is 0.491 e. The summed E-state index contributed by atoms with van der Waals surface area (Å²) < 4.78 is 10.7. The molecule has 2 N–H and O–H groups in total. The van der Waals surface area contributed by atoms with Gasteiger partial charge in [0.05, 0.1) is 18.8 Å². The number of nitrogens with one attached hydrogen (secondary N) is 2. The molecule has 0 spiro atoms. The zero-order valence-corrected chi connectivity index (χ0v) is 11.3. The van der Waals surface area contributed by atoms with Gasteiger partial charge in [-0.2, -0.15) is 0 Å². The molecule has 0 saturated carbocycles. The van der Waals surface area contributed by atoms with Crippen molar-refractivity contribution in [3.8, 4) is 5.75 Å². The van der Waals surface area contributed by atoms with Gasteiger partial charge in [-0.25, -0.2) is 4.79 Å². The Bertz CT molecular complexity index is 411. The highest BCUT2D eigenvalue weighted by Crippen LogP contribution is 2.16. The fourth-order valence-corrected chi connectivity index (χ4v) is 1.89. The molecule has 2 rings (SSSR count). The third-order valence-corrected chi connectivity index (χ3v) is 2.75. The summed E-state index contributed by atoms with van der Waals surface area (Å²) in [7, 11) is 0. The number of hydrogen-bond donors (Lipinski definition) is 2. The monoisotopic (exact) mass is 264 g/mol. The standard InChI is InChI=1S/C14H20N2O3/c1-10(2)19-13-5-3-11(4-6-13)15-14(17)16-12-7-8-18-9-12/h3-6,10,12H,7-9H2,1-2H3,(H2,15,16,17). The topological polar surface area (TPSA) is 59.6 Å². The van der Waals surface area contributed by atoms with Crippen molar-refractivity contribution in [3.63, 3.8) is 0 Å². The van der Waals surface area contributed by atoms with E-state index in [1.54, 1.807) is 0 Å². The summed E-state index contributed by atoms with van der Waals surface area (Å²) in [6.07, 6.45) is 1.01. The summed E-state index contributed by atoms with van der Waals surface area (Å²) in [6, 6.07) is 7.24. The molecule has 0 aliphatic carbocycles. The first-order valence-electron chi connectivity index (χ1n) is 6.55. The lowest BCUT2D eigenvalue weighted by Gasteiger charge is -2.13. The predicted molar refractivity (Wildman–Crippen MR) is 73.6 cm³/mol. The molecule has 5 nitrogen and oxygen atoms in total. The Labute approximate surface area is 113 Å². The Hall–Kier alpha value is -1.75. The first kappa shape index (κ1) is 13.7. The summed E-state index contributed by atoms with van der Waals surface area (Å²) >= 11 is 0. The van der Waals surface area contributed by atoms with Crippen molar-refractivity contribution >= 4 is 11.7 Å². The molecule has 1 aliphatic heterocycles. The van der Waals surface area contributed by atoms with Crippen molar-refractivity contribution in [1.82, 2.24) is 5.32 Å². The van der Waals surface area contributed by atoms with Gasteiger partial charge >= 0.3 is 6.03 Å². The van der Waals surface area contributed by atoms with E-state index in [4.69, 9.17) is 9.47 Å². The smallest absolute Gasteiger partial charge is 0.319 e. The molecule has 0 bridgehead atoms. The molecule has 1 aromatic rings. The van der Waals surface area contributed by atoms with Crippen LogP contribution < -0.4 is 15.4 Å². The second-order valence-electron chi connectivity index (χ2n) is 4.85. The van der Waals surface area contributed by atoms with Crippen LogP contribution in [0, 0.1) is 0 Å². The molecule has 2 amide bonds. The Morgan fingerprint density at radius 2 is 2.11 bits per heavy atom. The lowest BCUT2D eigenvalue weighted by molar-refractivity contribution is 0.189. The SMILES string of the molecule is CC(C)Oc1ccc(NC(=O)NC2CCOC2)cc1. The van der Waals surface area contributed by atoms with Crippen LogP contribution in [-0.2, 0) is 4.74 Å². The normalized spacial score (nSPS) is 18.4. The van der Waals surface area contributed by atoms with Crippen LogP contribution in [0.5, 0.6) is 5.75 Å². The lowest BCUT2D eigenvalue weighted by Crippen LogP contribution is -2.38. The Morgan fingerprint density at radius 1 is 1.37 bits per heavy atom. The van der Waals surface area contributed by atoms with Crippen molar-refractivity contribution in [2.24, 2.45) is 0 Å². The number of benzene rings is 1. The highest BCUT2D eigenvalue weighted by molar-refractivity contribution is 5.89. The van der Waals surface area contributed by atoms with E-state index in [1.165, 1.54) is 0 Å². The summed E-state index contributed by atoms with van der Waals surface area (Å²) in [6.45, 7) is 5.26. The van der Waals surface area contributed by atoms with Gasteiger partial charge in [0.25, 0.3) is 0 Å². The van der Waals surface area contributed by atoms with Gasteiger partial charge in [0.15, 0.2) is 0 Å². The summed E-state index contributed by atoms with van der Waals surface area (Å²) in [5.41, 5.74) is 0.743. The van der Waals surface area contributed by atoms with Gasteiger partial charge in [-0.1, -0.05) is 0 Å². The minimum Gasteiger partial charge on any atom is -0.491 e. The van der Waals surface area contributed by atoms with Crippen LogP contribution in [-0.4, -0.2) is 31.4 Å². The first-order valence-corrected chi connectivity index (χ1v) is 6.55. The second kappa shape index (κ2) is 6.43. The fourth-order valence-electron chi connectivity index (χ4n) is 1.89. The molecule has 0 radical (unpaired) electrons. The highest BCUT2D eigenvalue weighted by atomic mass is 16.5. The second-order valence-corrected chi connectivity index (χ2v) is 4.85. The molecule has 1 aromatic carbocycles. The quantitative estimate of drug-likeness (QED) is 0.877. The van der Waals surface area contributed by atoms with E-state index in [1.807, 2.05) is 38.1 Å². The maximum atomic E-state index is 11.7. The van der Waals surface area contributed by atoms with E-state index in [-0.39, 0.29) is 18.2 Å². The van der Waals surface area contributed by atoms with E-state index in [0.717, 1.165) is 17.9 Å². The van der Waals surface area contributed by atoms with E-state index in [9.17, 15) is 4.79 Å². The van der Waals surface area contributed by atoms with Crippen LogP contribution in [0.3, 0.4) is 0 Å². The lowest BCUT2D eigenvalue weighted by atomic mass is 10.2. The minimum atomic E-state index is -0.201. The number of carbonyl (C=O) groups excluding carboxylic acids is 1. The third-order valence-electron chi connectivity index (χ3n) is 2.75. The van der Waals surface area contributed by atoms with Gasteiger partial charge in [-0.3, -0.25) is 0 Å². The van der Waals surface area contributed by atoms with Gasteiger partial charge < -0.3 is 20.1 Å². The van der Waals surface area contributed by atoms with Crippen LogP contribution in [0.2, 0.25) is 0 Å². The molecule has 1 atom stereocenters.